The Morgan fingerprint density at radius 1 is 1.17 bits per heavy atom. The van der Waals surface area contributed by atoms with Gasteiger partial charge in [-0.1, -0.05) is 18.2 Å². The van der Waals surface area contributed by atoms with Crippen molar-refractivity contribution in [1.82, 2.24) is 4.72 Å². The highest BCUT2D eigenvalue weighted by Gasteiger charge is 2.27. The van der Waals surface area contributed by atoms with Gasteiger partial charge in [0.2, 0.25) is 10.0 Å². The van der Waals surface area contributed by atoms with Crippen molar-refractivity contribution in [1.29, 1.82) is 0 Å². The molecule has 1 aromatic rings. The number of rotatable bonds is 6. The molecular formula is C10H12F3NO3S. The fourth-order valence-electron chi connectivity index (χ4n) is 1.12. The number of hydrogen-bond acceptors (Lipinski definition) is 3. The van der Waals surface area contributed by atoms with Gasteiger partial charge < -0.3 is 4.74 Å². The minimum atomic E-state index is -4.40. The van der Waals surface area contributed by atoms with E-state index in [1.165, 1.54) is 12.1 Å². The van der Waals surface area contributed by atoms with E-state index in [1.807, 2.05) is 0 Å². The van der Waals surface area contributed by atoms with Crippen LogP contribution in [0.25, 0.3) is 0 Å². The third-order valence-corrected chi connectivity index (χ3v) is 3.33. The summed E-state index contributed by atoms with van der Waals surface area (Å²) in [7, 11) is -3.69. The van der Waals surface area contributed by atoms with Crippen LogP contribution in [0.4, 0.5) is 13.2 Å². The van der Waals surface area contributed by atoms with E-state index in [4.69, 9.17) is 0 Å². The van der Waals surface area contributed by atoms with E-state index >= 15 is 0 Å². The highest BCUT2D eigenvalue weighted by molar-refractivity contribution is 7.89. The summed E-state index contributed by atoms with van der Waals surface area (Å²) in [5.74, 6) is 0. The zero-order valence-electron chi connectivity index (χ0n) is 9.27. The third-order valence-electron chi connectivity index (χ3n) is 1.86. The van der Waals surface area contributed by atoms with Crippen molar-refractivity contribution in [3.05, 3.63) is 30.3 Å². The predicted octanol–water partition coefficient (Wildman–Crippen LogP) is 1.54. The predicted molar refractivity (Wildman–Crippen MR) is 58.5 cm³/mol. The molecule has 4 nitrogen and oxygen atoms in total. The SMILES string of the molecule is O=S(=O)(NCCOCC(F)(F)F)c1ccccc1. The Labute approximate surface area is 103 Å². The first-order valence-electron chi connectivity index (χ1n) is 5.00. The monoisotopic (exact) mass is 283 g/mol. The molecule has 1 N–H and O–H groups in total. The smallest absolute Gasteiger partial charge is 0.371 e. The lowest BCUT2D eigenvalue weighted by Gasteiger charge is -2.09. The number of benzene rings is 1. The Kier molecular flexibility index (Phi) is 5.12. The maximum atomic E-state index is 11.7. The molecule has 0 saturated carbocycles. The van der Waals surface area contributed by atoms with Gasteiger partial charge in [0.25, 0.3) is 0 Å². The molecule has 0 aliphatic heterocycles. The maximum absolute atomic E-state index is 11.7. The summed E-state index contributed by atoms with van der Waals surface area (Å²) >= 11 is 0. The molecule has 0 heterocycles. The van der Waals surface area contributed by atoms with Gasteiger partial charge in [0.15, 0.2) is 0 Å². The number of sulfonamides is 1. The normalized spacial score (nSPS) is 12.6. The van der Waals surface area contributed by atoms with Gasteiger partial charge in [-0.2, -0.15) is 13.2 Å². The van der Waals surface area contributed by atoms with Crippen LogP contribution in [0.5, 0.6) is 0 Å². The van der Waals surface area contributed by atoms with Crippen LogP contribution in [0, 0.1) is 0 Å². The molecule has 18 heavy (non-hydrogen) atoms. The average Bonchev–Trinajstić information content (AvgIpc) is 2.28. The highest BCUT2D eigenvalue weighted by atomic mass is 32.2. The van der Waals surface area contributed by atoms with Gasteiger partial charge >= 0.3 is 6.18 Å². The van der Waals surface area contributed by atoms with E-state index in [0.717, 1.165) is 0 Å². The van der Waals surface area contributed by atoms with Crippen molar-refractivity contribution in [2.45, 2.75) is 11.1 Å². The molecule has 0 aromatic heterocycles. The van der Waals surface area contributed by atoms with E-state index in [9.17, 15) is 21.6 Å². The summed E-state index contributed by atoms with van der Waals surface area (Å²) in [6, 6.07) is 7.53. The molecule has 0 bridgehead atoms. The van der Waals surface area contributed by atoms with E-state index in [-0.39, 0.29) is 18.0 Å². The number of nitrogens with one attached hydrogen (secondary N) is 1. The van der Waals surface area contributed by atoms with Gasteiger partial charge in [-0.25, -0.2) is 13.1 Å². The second kappa shape index (κ2) is 6.17. The zero-order chi connectivity index (χ0) is 13.6. The van der Waals surface area contributed by atoms with Crippen LogP contribution in [0.1, 0.15) is 0 Å². The molecule has 0 aliphatic carbocycles. The summed E-state index contributed by atoms with van der Waals surface area (Å²) < 4.78 is 64.8. The van der Waals surface area contributed by atoms with Gasteiger partial charge in [-0.3, -0.25) is 0 Å². The van der Waals surface area contributed by atoms with Crippen molar-refractivity contribution in [3.8, 4) is 0 Å². The Morgan fingerprint density at radius 3 is 2.33 bits per heavy atom. The topological polar surface area (TPSA) is 55.4 Å². The lowest BCUT2D eigenvalue weighted by atomic mass is 10.4. The minimum absolute atomic E-state index is 0.0563. The average molecular weight is 283 g/mol. The van der Waals surface area contributed by atoms with Crippen LogP contribution in [-0.2, 0) is 14.8 Å². The first-order valence-corrected chi connectivity index (χ1v) is 6.49. The van der Waals surface area contributed by atoms with Crippen molar-refractivity contribution in [3.63, 3.8) is 0 Å². The number of hydrogen-bond donors (Lipinski definition) is 1. The Morgan fingerprint density at radius 2 is 1.78 bits per heavy atom. The molecule has 0 radical (unpaired) electrons. The summed E-state index contributed by atoms with van der Waals surface area (Å²) in [4.78, 5) is 0.0563. The molecule has 0 amide bonds. The lowest BCUT2D eigenvalue weighted by molar-refractivity contribution is -0.173. The van der Waals surface area contributed by atoms with Crippen LogP contribution in [0.3, 0.4) is 0 Å². The van der Waals surface area contributed by atoms with Gasteiger partial charge in [0.1, 0.15) is 6.61 Å². The Bertz CT molecular complexity index is 459. The van der Waals surface area contributed by atoms with Crippen molar-refractivity contribution in [2.24, 2.45) is 0 Å². The molecule has 0 spiro atoms. The van der Waals surface area contributed by atoms with E-state index < -0.39 is 22.8 Å². The standard InChI is InChI=1S/C10H12F3NO3S/c11-10(12,13)8-17-7-6-14-18(15,16)9-4-2-1-3-5-9/h1-5,14H,6-8H2. The molecule has 0 unspecified atom stereocenters. The number of alkyl halides is 3. The summed E-state index contributed by atoms with van der Waals surface area (Å²) in [6.45, 7) is -1.95. The van der Waals surface area contributed by atoms with Crippen LogP contribution >= 0.6 is 0 Å². The van der Waals surface area contributed by atoms with Crippen LogP contribution < -0.4 is 4.72 Å². The quantitative estimate of drug-likeness (QED) is 0.806. The van der Waals surface area contributed by atoms with E-state index in [2.05, 4.69) is 9.46 Å². The number of ether oxygens (including phenoxy) is 1. The molecule has 0 saturated heterocycles. The molecule has 0 atom stereocenters. The summed E-state index contributed by atoms with van der Waals surface area (Å²) in [6.07, 6.45) is -4.40. The molecule has 8 heteroatoms. The molecule has 1 rings (SSSR count). The second-order valence-corrected chi connectivity index (χ2v) is 5.15. The van der Waals surface area contributed by atoms with E-state index in [0.29, 0.717) is 0 Å². The maximum Gasteiger partial charge on any atom is 0.411 e. The fraction of sp³-hybridized carbons (Fsp3) is 0.400. The minimum Gasteiger partial charge on any atom is -0.371 e. The van der Waals surface area contributed by atoms with Crippen LogP contribution in [-0.4, -0.2) is 34.4 Å². The third kappa shape index (κ3) is 5.48. The van der Waals surface area contributed by atoms with Crippen LogP contribution in [0.2, 0.25) is 0 Å². The van der Waals surface area contributed by atoms with E-state index in [1.54, 1.807) is 18.2 Å². The molecular weight excluding hydrogens is 271 g/mol. The number of halogens is 3. The first kappa shape index (κ1) is 14.9. The van der Waals surface area contributed by atoms with Crippen molar-refractivity contribution in [2.75, 3.05) is 19.8 Å². The molecule has 102 valence electrons. The first-order chi connectivity index (χ1) is 8.31. The molecule has 0 fully saturated rings. The largest absolute Gasteiger partial charge is 0.411 e. The summed E-state index contributed by atoms with van der Waals surface area (Å²) in [5.41, 5.74) is 0. The second-order valence-electron chi connectivity index (χ2n) is 3.38. The Balaban J connectivity index is 2.36. The van der Waals surface area contributed by atoms with Gasteiger partial charge in [0, 0.05) is 6.54 Å². The van der Waals surface area contributed by atoms with Crippen molar-refractivity contribution < 1.29 is 26.3 Å². The van der Waals surface area contributed by atoms with Crippen molar-refractivity contribution >= 4 is 10.0 Å². The van der Waals surface area contributed by atoms with Gasteiger partial charge in [0.05, 0.1) is 11.5 Å². The molecule has 1 aromatic carbocycles. The Hall–Kier alpha value is -1.12. The summed E-state index contributed by atoms with van der Waals surface area (Å²) in [5, 5.41) is 0. The van der Waals surface area contributed by atoms with Gasteiger partial charge in [-0.05, 0) is 12.1 Å². The van der Waals surface area contributed by atoms with Gasteiger partial charge in [-0.15, -0.1) is 0 Å². The lowest BCUT2D eigenvalue weighted by Crippen LogP contribution is -2.29. The molecule has 0 aliphatic rings. The zero-order valence-corrected chi connectivity index (χ0v) is 10.1. The highest BCUT2D eigenvalue weighted by Crippen LogP contribution is 2.14. The van der Waals surface area contributed by atoms with Crippen LogP contribution in [0.15, 0.2) is 35.2 Å². The fourth-order valence-corrected chi connectivity index (χ4v) is 2.15.